The number of fused-ring (bicyclic) bond motifs is 1. The molecule has 1 aliphatic carbocycles. The maximum Gasteiger partial charge on any atom is 0.0500 e. The molecule has 0 saturated carbocycles. The fraction of sp³-hybridized carbons (Fsp3) is 0.148. The lowest BCUT2D eigenvalue weighted by molar-refractivity contribution is 0.944. The minimum absolute atomic E-state index is 1.03. The van der Waals surface area contributed by atoms with Gasteiger partial charge in [0.15, 0.2) is 0 Å². The summed E-state index contributed by atoms with van der Waals surface area (Å²) in [7, 11) is 0. The number of rotatable bonds is 11. The molecule has 0 radical (unpaired) electrons. The van der Waals surface area contributed by atoms with Crippen molar-refractivity contribution in [3.63, 3.8) is 0 Å². The van der Waals surface area contributed by atoms with Gasteiger partial charge in [0.2, 0.25) is 0 Å². The summed E-state index contributed by atoms with van der Waals surface area (Å²) in [6.07, 6.45) is 6.48. The van der Waals surface area contributed by atoms with E-state index in [1.807, 2.05) is 0 Å². The zero-order chi connectivity index (χ0) is 37.1. The Bertz CT molecular complexity index is 2550. The third-order valence-corrected chi connectivity index (χ3v) is 11.4. The third-order valence-electron chi connectivity index (χ3n) is 11.4. The maximum atomic E-state index is 2.54. The summed E-state index contributed by atoms with van der Waals surface area (Å²) in [5.74, 6) is 0. The highest BCUT2D eigenvalue weighted by Gasteiger charge is 2.25. The van der Waals surface area contributed by atoms with Gasteiger partial charge in [-0.3, -0.25) is 0 Å². The van der Waals surface area contributed by atoms with Crippen LogP contribution in [-0.4, -0.2) is 0 Å². The normalized spacial score (nSPS) is 12.6. The minimum atomic E-state index is 1.03. The third kappa shape index (κ3) is 6.77. The van der Waals surface area contributed by atoms with Crippen LogP contribution in [0.25, 0.3) is 54.9 Å². The van der Waals surface area contributed by atoms with Crippen LogP contribution >= 0.6 is 0 Å². The van der Waals surface area contributed by atoms with E-state index in [2.05, 4.69) is 195 Å². The van der Waals surface area contributed by atoms with Crippen molar-refractivity contribution in [1.29, 1.82) is 0 Å². The van der Waals surface area contributed by atoms with Gasteiger partial charge >= 0.3 is 0 Å². The van der Waals surface area contributed by atoms with Crippen molar-refractivity contribution in [2.75, 3.05) is 4.90 Å². The molecule has 0 fully saturated rings. The van der Waals surface area contributed by atoms with E-state index in [9.17, 15) is 0 Å². The van der Waals surface area contributed by atoms with Crippen LogP contribution in [0.15, 0.2) is 176 Å². The number of anilines is 3. The molecule has 0 unspecified atom stereocenters. The highest BCUT2D eigenvalue weighted by atomic mass is 15.1. The van der Waals surface area contributed by atoms with Crippen molar-refractivity contribution in [1.82, 2.24) is 0 Å². The first-order valence-electron chi connectivity index (χ1n) is 20.1. The molecule has 0 aromatic heterocycles. The Balaban J connectivity index is 1.16. The summed E-state index contributed by atoms with van der Waals surface area (Å²) in [4.78, 5) is 2.48. The predicted octanol–water partition coefficient (Wildman–Crippen LogP) is 15.4. The minimum Gasteiger partial charge on any atom is -0.310 e. The van der Waals surface area contributed by atoms with Gasteiger partial charge in [-0.1, -0.05) is 160 Å². The van der Waals surface area contributed by atoms with Crippen LogP contribution in [0.3, 0.4) is 0 Å². The smallest absolute Gasteiger partial charge is 0.0500 e. The van der Waals surface area contributed by atoms with E-state index in [0.717, 1.165) is 38.5 Å². The fourth-order valence-corrected chi connectivity index (χ4v) is 8.83. The maximum absolute atomic E-state index is 2.54. The van der Waals surface area contributed by atoms with Crippen LogP contribution in [0.1, 0.15) is 61.8 Å². The first-order chi connectivity index (χ1) is 27.2. The number of benzene rings is 8. The second-order valence-corrected chi connectivity index (χ2v) is 15.0. The molecule has 8 aromatic carbocycles. The molecule has 0 atom stereocenters. The Kier molecular flexibility index (Phi) is 9.61. The van der Waals surface area contributed by atoms with Gasteiger partial charge in [-0.15, -0.1) is 0 Å². The van der Waals surface area contributed by atoms with Crippen molar-refractivity contribution in [3.05, 3.63) is 198 Å². The average Bonchev–Trinajstić information content (AvgIpc) is 3.69. The van der Waals surface area contributed by atoms with Gasteiger partial charge in [-0.2, -0.15) is 0 Å². The van der Waals surface area contributed by atoms with Crippen molar-refractivity contribution in [2.45, 2.75) is 52.4 Å². The van der Waals surface area contributed by atoms with Crippen LogP contribution in [0, 0.1) is 0 Å². The standard InChI is InChI=1S/C54H47N/c1-3-13-50(44-22-21-40-19-11-12-20-43(40)35-44)51(14-4-2)47-36-45-27-33-52-53(34-28-46(37-47)54(45)52)55(48-29-23-41(24-30-48)38-15-7-5-8-16-38)49-31-25-42(26-32-49)39-17-9-6-10-18-39/h5-12,15-26,28-32,34-37H,3-4,13-14,27,33H2,1-2H3. The summed E-state index contributed by atoms with van der Waals surface area (Å²) in [5, 5.41) is 5.40. The Labute approximate surface area is 326 Å². The number of aryl methyl sites for hydroxylation is 2. The first kappa shape index (κ1) is 34.6. The van der Waals surface area contributed by atoms with Crippen molar-refractivity contribution < 1.29 is 0 Å². The number of allylic oxidation sites excluding steroid dienone is 2. The lowest BCUT2D eigenvalue weighted by Gasteiger charge is -2.28. The first-order valence-corrected chi connectivity index (χ1v) is 20.1. The van der Waals surface area contributed by atoms with Crippen LogP contribution in [-0.2, 0) is 12.8 Å². The van der Waals surface area contributed by atoms with E-state index in [1.54, 1.807) is 0 Å². The van der Waals surface area contributed by atoms with Gasteiger partial charge in [-0.25, -0.2) is 0 Å². The number of nitrogens with zero attached hydrogens (tertiary/aromatic N) is 1. The zero-order valence-electron chi connectivity index (χ0n) is 31.9. The molecule has 1 aliphatic rings. The molecule has 0 spiro atoms. The molecule has 268 valence electrons. The second kappa shape index (κ2) is 15.3. The SMILES string of the molecule is CCCC(=C(CCC)c1cc2c3c(c(N(c4ccc(-c5ccccc5)cc4)c4ccc(-c5ccccc5)cc4)ccc3c1)CC2)c1ccc2ccccc2c1. The Morgan fingerprint density at radius 1 is 0.436 bits per heavy atom. The summed E-state index contributed by atoms with van der Waals surface area (Å²) in [5.41, 5.74) is 17.2. The molecule has 0 saturated heterocycles. The molecule has 55 heavy (non-hydrogen) atoms. The van der Waals surface area contributed by atoms with Crippen LogP contribution in [0.5, 0.6) is 0 Å². The van der Waals surface area contributed by atoms with Crippen molar-refractivity contribution in [3.8, 4) is 22.3 Å². The molecule has 0 bridgehead atoms. The van der Waals surface area contributed by atoms with E-state index in [-0.39, 0.29) is 0 Å². The highest BCUT2D eigenvalue weighted by molar-refractivity contribution is 6.02. The van der Waals surface area contributed by atoms with E-state index < -0.39 is 0 Å². The molecule has 1 heteroatoms. The van der Waals surface area contributed by atoms with Gasteiger partial charge in [-0.05, 0) is 145 Å². The largest absolute Gasteiger partial charge is 0.310 e. The van der Waals surface area contributed by atoms with Crippen LogP contribution in [0.2, 0.25) is 0 Å². The zero-order valence-corrected chi connectivity index (χ0v) is 31.9. The predicted molar refractivity (Wildman–Crippen MR) is 237 cm³/mol. The molecule has 0 heterocycles. The molecule has 1 nitrogen and oxygen atoms in total. The Morgan fingerprint density at radius 2 is 0.945 bits per heavy atom. The lowest BCUT2D eigenvalue weighted by Crippen LogP contribution is -2.12. The van der Waals surface area contributed by atoms with E-state index in [1.165, 1.54) is 94.3 Å². The Hall–Kier alpha value is -6.18. The highest BCUT2D eigenvalue weighted by Crippen LogP contribution is 2.46. The van der Waals surface area contributed by atoms with Gasteiger partial charge < -0.3 is 4.90 Å². The van der Waals surface area contributed by atoms with Crippen molar-refractivity contribution in [2.24, 2.45) is 0 Å². The van der Waals surface area contributed by atoms with Gasteiger partial charge in [0.1, 0.15) is 0 Å². The molecule has 8 aromatic rings. The number of hydrogen-bond donors (Lipinski definition) is 0. The van der Waals surface area contributed by atoms with Gasteiger partial charge in [0.25, 0.3) is 0 Å². The number of hydrogen-bond acceptors (Lipinski definition) is 1. The molecule has 9 rings (SSSR count). The summed E-state index contributed by atoms with van der Waals surface area (Å²) in [6, 6.07) is 65.1. The van der Waals surface area contributed by atoms with Crippen LogP contribution < -0.4 is 4.90 Å². The summed E-state index contributed by atoms with van der Waals surface area (Å²) in [6.45, 7) is 4.64. The van der Waals surface area contributed by atoms with Gasteiger partial charge in [0, 0.05) is 17.1 Å². The second-order valence-electron chi connectivity index (χ2n) is 15.0. The summed E-state index contributed by atoms with van der Waals surface area (Å²) >= 11 is 0. The van der Waals surface area contributed by atoms with Crippen molar-refractivity contribution >= 4 is 49.8 Å². The van der Waals surface area contributed by atoms with Gasteiger partial charge in [0.05, 0.1) is 0 Å². The topological polar surface area (TPSA) is 3.24 Å². The van der Waals surface area contributed by atoms with Crippen LogP contribution in [0.4, 0.5) is 17.1 Å². The van der Waals surface area contributed by atoms with E-state index in [0.29, 0.717) is 0 Å². The quantitative estimate of drug-likeness (QED) is 0.121. The van der Waals surface area contributed by atoms with E-state index in [4.69, 9.17) is 0 Å². The molecule has 0 N–H and O–H groups in total. The molecule has 0 aliphatic heterocycles. The average molecular weight is 710 g/mol. The lowest BCUT2D eigenvalue weighted by atomic mass is 9.86. The Morgan fingerprint density at radius 3 is 1.55 bits per heavy atom. The monoisotopic (exact) mass is 709 g/mol. The fourth-order valence-electron chi connectivity index (χ4n) is 8.83. The molecular weight excluding hydrogens is 663 g/mol. The van der Waals surface area contributed by atoms with E-state index >= 15 is 0 Å². The molecular formula is C54H47N. The summed E-state index contributed by atoms with van der Waals surface area (Å²) < 4.78 is 0. The molecule has 0 amide bonds.